The van der Waals surface area contributed by atoms with Crippen LogP contribution in [0, 0.1) is 0 Å². The smallest absolute Gasteiger partial charge is 0.339 e. The van der Waals surface area contributed by atoms with Crippen molar-refractivity contribution in [3.05, 3.63) is 74.1 Å². The number of anilines is 1. The van der Waals surface area contributed by atoms with Gasteiger partial charge in [0.2, 0.25) is 5.01 Å². The van der Waals surface area contributed by atoms with E-state index in [1.54, 1.807) is 18.2 Å². The van der Waals surface area contributed by atoms with Gasteiger partial charge in [0, 0.05) is 10.2 Å². The second-order valence-corrected chi connectivity index (χ2v) is 7.48. The molecule has 0 aliphatic carbocycles. The summed E-state index contributed by atoms with van der Waals surface area (Å²) < 4.78 is 5.89. The number of benzene rings is 2. The third-order valence-electron chi connectivity index (χ3n) is 3.70. The maximum Gasteiger partial charge on any atom is 0.339 e. The van der Waals surface area contributed by atoms with Crippen LogP contribution in [0.1, 0.15) is 37.7 Å². The van der Waals surface area contributed by atoms with Crippen molar-refractivity contribution < 1.29 is 14.3 Å². The fourth-order valence-corrected chi connectivity index (χ4v) is 3.34. The average molecular weight is 446 g/mol. The number of rotatable bonds is 6. The molecule has 0 spiro atoms. The summed E-state index contributed by atoms with van der Waals surface area (Å²) in [4.78, 5) is 24.4. The zero-order chi connectivity index (χ0) is 19.2. The Morgan fingerprint density at radius 2 is 1.85 bits per heavy atom. The molecule has 2 aromatic carbocycles. The van der Waals surface area contributed by atoms with Crippen LogP contribution in [-0.2, 0) is 17.8 Å². The minimum atomic E-state index is -0.473. The van der Waals surface area contributed by atoms with E-state index >= 15 is 0 Å². The molecule has 0 atom stereocenters. The van der Waals surface area contributed by atoms with Crippen molar-refractivity contribution in [2.45, 2.75) is 20.0 Å². The number of hydrogen-bond acceptors (Lipinski definition) is 6. The molecule has 0 fully saturated rings. The largest absolute Gasteiger partial charge is 0.455 e. The summed E-state index contributed by atoms with van der Waals surface area (Å²) >= 11 is 4.39. The summed E-state index contributed by atoms with van der Waals surface area (Å²) in [6.07, 6.45) is 0.937. The lowest BCUT2D eigenvalue weighted by Gasteiger charge is -2.04. The van der Waals surface area contributed by atoms with Crippen LogP contribution in [-0.4, -0.2) is 22.1 Å². The van der Waals surface area contributed by atoms with Gasteiger partial charge in [0.15, 0.2) is 5.01 Å². The minimum Gasteiger partial charge on any atom is -0.455 e. The van der Waals surface area contributed by atoms with Crippen LogP contribution >= 0.6 is 27.3 Å². The van der Waals surface area contributed by atoms with Crippen molar-refractivity contribution in [2.24, 2.45) is 0 Å². The highest BCUT2D eigenvalue weighted by molar-refractivity contribution is 9.10. The number of aromatic nitrogens is 2. The number of hydrogen-bond donors (Lipinski definition) is 1. The highest BCUT2D eigenvalue weighted by Gasteiger charge is 2.16. The Bertz CT molecular complexity index is 957. The molecule has 1 N–H and O–H groups in total. The fourth-order valence-electron chi connectivity index (χ4n) is 2.24. The number of nitrogens with zero attached hydrogens (tertiary/aromatic N) is 2. The Hall–Kier alpha value is -2.58. The predicted molar refractivity (Wildman–Crippen MR) is 107 cm³/mol. The van der Waals surface area contributed by atoms with E-state index in [0.29, 0.717) is 20.7 Å². The minimum absolute atomic E-state index is 0.0453. The molecule has 0 unspecified atom stereocenters. The summed E-state index contributed by atoms with van der Waals surface area (Å²) in [5.74, 6) is -0.820. The van der Waals surface area contributed by atoms with Crippen molar-refractivity contribution in [1.29, 1.82) is 0 Å². The monoisotopic (exact) mass is 445 g/mol. The van der Waals surface area contributed by atoms with Gasteiger partial charge in [-0.15, -0.1) is 10.2 Å². The van der Waals surface area contributed by atoms with Gasteiger partial charge in [0.05, 0.1) is 5.56 Å². The van der Waals surface area contributed by atoms with E-state index in [-0.39, 0.29) is 17.5 Å². The molecule has 1 amide bonds. The Kier molecular flexibility index (Phi) is 6.31. The van der Waals surface area contributed by atoms with Gasteiger partial charge in [0.25, 0.3) is 5.91 Å². The summed E-state index contributed by atoms with van der Waals surface area (Å²) in [7, 11) is 0. The number of carbonyl (C=O) groups is 2. The average Bonchev–Trinajstić information content (AvgIpc) is 3.16. The Balaban J connectivity index is 1.58. The van der Waals surface area contributed by atoms with Gasteiger partial charge >= 0.3 is 5.97 Å². The number of halogens is 1. The van der Waals surface area contributed by atoms with Gasteiger partial charge in [0.1, 0.15) is 6.61 Å². The Morgan fingerprint density at radius 1 is 1.11 bits per heavy atom. The highest BCUT2D eigenvalue weighted by atomic mass is 79.9. The van der Waals surface area contributed by atoms with E-state index in [1.165, 1.54) is 5.56 Å². The van der Waals surface area contributed by atoms with Crippen molar-refractivity contribution >= 4 is 44.8 Å². The molecule has 0 saturated carbocycles. The molecule has 27 heavy (non-hydrogen) atoms. The lowest BCUT2D eigenvalue weighted by molar-refractivity contribution is 0.0470. The van der Waals surface area contributed by atoms with E-state index < -0.39 is 5.97 Å². The van der Waals surface area contributed by atoms with E-state index in [2.05, 4.69) is 38.4 Å². The summed E-state index contributed by atoms with van der Waals surface area (Å²) in [5.41, 5.74) is 2.31. The fraction of sp³-hybridized carbons (Fsp3) is 0.158. The summed E-state index contributed by atoms with van der Waals surface area (Å²) in [5, 5.41) is 11.2. The predicted octanol–water partition coefficient (Wildman–Crippen LogP) is 4.47. The number of carbonyl (C=O) groups excluding carboxylic acids is 2. The van der Waals surface area contributed by atoms with Crippen molar-refractivity contribution in [3.8, 4) is 0 Å². The number of amides is 1. The first kappa shape index (κ1) is 19.2. The van der Waals surface area contributed by atoms with E-state index in [0.717, 1.165) is 17.8 Å². The molecule has 138 valence electrons. The standard InChI is InChI=1S/C19H16BrN3O3S/c1-2-12-7-9-13(10-8-12)21-17(24)18-23-22-16(27-18)11-26-19(25)14-5-3-4-6-15(14)20/h3-10H,2,11H2,1H3,(H,21,24). The number of esters is 1. The van der Waals surface area contributed by atoms with Crippen LogP contribution in [0.25, 0.3) is 0 Å². The molecule has 0 aliphatic rings. The maximum absolute atomic E-state index is 12.3. The van der Waals surface area contributed by atoms with Crippen LogP contribution in [0.2, 0.25) is 0 Å². The van der Waals surface area contributed by atoms with Crippen LogP contribution in [0.15, 0.2) is 53.0 Å². The maximum atomic E-state index is 12.3. The molecule has 3 rings (SSSR count). The molecule has 0 aliphatic heterocycles. The molecular weight excluding hydrogens is 430 g/mol. The van der Waals surface area contributed by atoms with Gasteiger partial charge in [-0.25, -0.2) is 4.79 Å². The molecular formula is C19H16BrN3O3S. The molecule has 1 aromatic heterocycles. The van der Waals surface area contributed by atoms with Crippen LogP contribution in [0.3, 0.4) is 0 Å². The molecule has 0 radical (unpaired) electrons. The SMILES string of the molecule is CCc1ccc(NC(=O)c2nnc(COC(=O)c3ccccc3Br)s2)cc1. The zero-order valence-corrected chi connectivity index (χ0v) is 16.8. The first-order valence-electron chi connectivity index (χ1n) is 8.21. The van der Waals surface area contributed by atoms with Crippen LogP contribution in [0.4, 0.5) is 5.69 Å². The number of nitrogens with one attached hydrogen (secondary N) is 1. The third kappa shape index (κ3) is 4.99. The number of aryl methyl sites for hydroxylation is 1. The van der Waals surface area contributed by atoms with E-state index in [9.17, 15) is 9.59 Å². The third-order valence-corrected chi connectivity index (χ3v) is 5.29. The van der Waals surface area contributed by atoms with Gasteiger partial charge in [-0.1, -0.05) is 42.5 Å². The quantitative estimate of drug-likeness (QED) is 0.565. The summed E-state index contributed by atoms with van der Waals surface area (Å²) in [6, 6.07) is 14.6. The molecule has 0 bridgehead atoms. The van der Waals surface area contributed by atoms with Crippen molar-refractivity contribution in [3.63, 3.8) is 0 Å². The zero-order valence-electron chi connectivity index (χ0n) is 14.4. The normalized spacial score (nSPS) is 10.4. The lowest BCUT2D eigenvalue weighted by atomic mass is 10.1. The van der Waals surface area contributed by atoms with E-state index in [1.807, 2.05) is 30.3 Å². The molecule has 0 saturated heterocycles. The van der Waals surface area contributed by atoms with Crippen molar-refractivity contribution in [1.82, 2.24) is 10.2 Å². The van der Waals surface area contributed by atoms with Crippen LogP contribution in [0.5, 0.6) is 0 Å². The first-order chi connectivity index (χ1) is 13.1. The van der Waals surface area contributed by atoms with Gasteiger partial charge < -0.3 is 10.1 Å². The van der Waals surface area contributed by atoms with Gasteiger partial charge in [-0.3, -0.25) is 4.79 Å². The van der Waals surface area contributed by atoms with Gasteiger partial charge in [-0.05, 0) is 52.2 Å². The van der Waals surface area contributed by atoms with E-state index in [4.69, 9.17) is 4.74 Å². The Morgan fingerprint density at radius 3 is 2.56 bits per heavy atom. The Labute approximate surface area is 168 Å². The second-order valence-electron chi connectivity index (χ2n) is 5.56. The molecule has 6 nitrogen and oxygen atoms in total. The highest BCUT2D eigenvalue weighted by Crippen LogP contribution is 2.19. The lowest BCUT2D eigenvalue weighted by Crippen LogP contribution is -2.11. The summed E-state index contributed by atoms with van der Waals surface area (Å²) in [6.45, 7) is 2.02. The van der Waals surface area contributed by atoms with Gasteiger partial charge in [-0.2, -0.15) is 0 Å². The molecule has 3 aromatic rings. The topological polar surface area (TPSA) is 81.2 Å². The molecule has 1 heterocycles. The first-order valence-corrected chi connectivity index (χ1v) is 9.82. The van der Waals surface area contributed by atoms with Crippen LogP contribution < -0.4 is 5.32 Å². The second kappa shape index (κ2) is 8.88. The van der Waals surface area contributed by atoms with Crippen molar-refractivity contribution in [2.75, 3.05) is 5.32 Å². The molecule has 8 heteroatoms. The number of ether oxygens (including phenoxy) is 1.